The van der Waals surface area contributed by atoms with Crippen molar-refractivity contribution in [2.24, 2.45) is 0 Å². The predicted molar refractivity (Wildman–Crippen MR) is 144 cm³/mol. The molecular formula is C28H24O16. The molecular weight excluding hydrogens is 592 g/mol. The van der Waals surface area contributed by atoms with E-state index < -0.39 is 117 Å². The van der Waals surface area contributed by atoms with Crippen LogP contribution in [0.4, 0.5) is 0 Å². The molecule has 16 heteroatoms. The number of hydrogen-bond acceptors (Lipinski definition) is 16. The zero-order valence-corrected chi connectivity index (χ0v) is 22.1. The topological polar surface area (TPSA) is 277 Å². The molecule has 0 spiro atoms. The SMILES string of the molecule is O=C(O[C@H]1[C@H](Oc2c(-c3ccc(O)c(O)c3)oc3c(O)cc(O)cc3c2=O)O[C@H](CO)[C@@H](O)[C@@H]1O)c1cc(O)c(O)c(O)c1. The van der Waals surface area contributed by atoms with Crippen LogP contribution >= 0.6 is 0 Å². The molecule has 10 N–H and O–H groups in total. The number of carbonyl (C=O) groups is 1. The summed E-state index contributed by atoms with van der Waals surface area (Å²) in [5.41, 5.74) is -2.10. The van der Waals surface area contributed by atoms with Crippen molar-refractivity contribution in [3.8, 4) is 57.3 Å². The highest BCUT2D eigenvalue weighted by Gasteiger charge is 2.48. The van der Waals surface area contributed by atoms with Gasteiger partial charge in [0.2, 0.25) is 17.5 Å². The largest absolute Gasteiger partial charge is 0.508 e. The zero-order valence-electron chi connectivity index (χ0n) is 22.1. The van der Waals surface area contributed by atoms with Crippen LogP contribution in [0.2, 0.25) is 0 Å². The number of phenolic OH excluding ortho intramolecular Hbond substituents is 7. The zero-order chi connectivity index (χ0) is 32.0. The third kappa shape index (κ3) is 5.29. The van der Waals surface area contributed by atoms with Crippen LogP contribution in [0.25, 0.3) is 22.3 Å². The van der Waals surface area contributed by atoms with Crippen molar-refractivity contribution in [2.45, 2.75) is 30.7 Å². The average Bonchev–Trinajstić information content (AvgIpc) is 2.98. The van der Waals surface area contributed by atoms with E-state index in [-0.39, 0.29) is 5.56 Å². The molecule has 1 fully saturated rings. The summed E-state index contributed by atoms with van der Waals surface area (Å²) in [5.74, 6) is -7.68. The number of carbonyl (C=O) groups excluding carboxylic acids is 1. The summed E-state index contributed by atoms with van der Waals surface area (Å²) < 4.78 is 22.3. The van der Waals surface area contributed by atoms with E-state index in [1.165, 1.54) is 6.07 Å². The van der Waals surface area contributed by atoms with Crippen LogP contribution in [-0.2, 0) is 9.47 Å². The molecule has 1 aliphatic rings. The summed E-state index contributed by atoms with van der Waals surface area (Å²) in [6, 6.07) is 6.48. The van der Waals surface area contributed by atoms with E-state index in [2.05, 4.69) is 0 Å². The number of aliphatic hydroxyl groups is 3. The molecule has 1 saturated heterocycles. The first-order chi connectivity index (χ1) is 20.8. The summed E-state index contributed by atoms with van der Waals surface area (Å²) in [7, 11) is 0. The Morgan fingerprint density at radius 1 is 0.818 bits per heavy atom. The van der Waals surface area contributed by atoms with Crippen LogP contribution < -0.4 is 10.2 Å². The first kappa shape index (κ1) is 30.1. The van der Waals surface area contributed by atoms with Crippen LogP contribution in [0.1, 0.15) is 10.4 Å². The number of ether oxygens (including phenoxy) is 3. The minimum absolute atomic E-state index is 0.0968. The third-order valence-corrected chi connectivity index (χ3v) is 6.76. The van der Waals surface area contributed by atoms with E-state index in [0.717, 1.165) is 36.4 Å². The smallest absolute Gasteiger partial charge is 0.339 e. The number of hydrogen-bond donors (Lipinski definition) is 10. The summed E-state index contributed by atoms with van der Waals surface area (Å²) in [6.45, 7) is -0.884. The molecule has 16 nitrogen and oxygen atoms in total. The second-order valence-corrected chi connectivity index (χ2v) is 9.69. The average molecular weight is 616 g/mol. The summed E-state index contributed by atoms with van der Waals surface area (Å²) >= 11 is 0. The van der Waals surface area contributed by atoms with Crippen LogP contribution in [0.3, 0.4) is 0 Å². The molecule has 1 aromatic heterocycles. The van der Waals surface area contributed by atoms with Gasteiger partial charge >= 0.3 is 5.97 Å². The van der Waals surface area contributed by atoms with Gasteiger partial charge in [-0.3, -0.25) is 4.79 Å². The fraction of sp³-hybridized carbons (Fsp3) is 0.214. The number of benzene rings is 3. The molecule has 0 amide bonds. The highest BCUT2D eigenvalue weighted by Crippen LogP contribution is 2.40. The minimum Gasteiger partial charge on any atom is -0.508 e. The van der Waals surface area contributed by atoms with Crippen molar-refractivity contribution in [1.29, 1.82) is 0 Å². The molecule has 2 heterocycles. The van der Waals surface area contributed by atoms with Gasteiger partial charge in [-0.15, -0.1) is 0 Å². The van der Waals surface area contributed by atoms with Crippen molar-refractivity contribution < 1.29 is 74.5 Å². The molecule has 5 rings (SSSR count). The third-order valence-electron chi connectivity index (χ3n) is 6.76. The standard InChI is InChI=1S/C28H24O16/c29-8-18-21(38)22(39)26(43-27(40)10-4-15(33)20(37)16(34)5-10)28(41-18)44-25-19(36)12-6-11(30)7-17(35)24(12)42-23(25)9-1-2-13(31)14(32)3-9/h1-7,18,21-22,26,28-35,37-39H,8H2/t18-,21-,22+,26-,28+/m1/s1. The van der Waals surface area contributed by atoms with E-state index in [9.17, 15) is 60.7 Å². The summed E-state index contributed by atoms with van der Waals surface area (Å²) in [4.78, 5) is 26.6. The first-order valence-corrected chi connectivity index (χ1v) is 12.6. The number of phenols is 7. The lowest BCUT2D eigenvalue weighted by Crippen LogP contribution is -2.61. The van der Waals surface area contributed by atoms with Crippen LogP contribution in [0.15, 0.2) is 51.7 Å². The van der Waals surface area contributed by atoms with E-state index >= 15 is 0 Å². The Kier molecular flexibility index (Phi) is 7.75. The molecule has 0 bridgehead atoms. The summed E-state index contributed by atoms with van der Waals surface area (Å²) in [6.07, 6.45) is -9.42. The normalized spacial score (nSPS) is 21.7. The maximum Gasteiger partial charge on any atom is 0.339 e. The van der Waals surface area contributed by atoms with Crippen LogP contribution in [0.5, 0.6) is 46.0 Å². The van der Waals surface area contributed by atoms with Crippen LogP contribution in [-0.4, -0.2) is 94.3 Å². The molecule has 0 aliphatic carbocycles. The fourth-order valence-electron chi connectivity index (χ4n) is 4.52. The lowest BCUT2D eigenvalue weighted by molar-refractivity contribution is -0.276. The molecule has 44 heavy (non-hydrogen) atoms. The highest BCUT2D eigenvalue weighted by molar-refractivity contribution is 5.91. The second-order valence-electron chi connectivity index (χ2n) is 9.69. The summed E-state index contributed by atoms with van der Waals surface area (Å²) in [5, 5.41) is 99.9. The van der Waals surface area contributed by atoms with Gasteiger partial charge in [-0.25, -0.2) is 4.79 Å². The van der Waals surface area contributed by atoms with Crippen molar-refractivity contribution in [3.05, 3.63) is 58.3 Å². The Morgan fingerprint density at radius 3 is 2.14 bits per heavy atom. The molecule has 4 aromatic rings. The lowest BCUT2D eigenvalue weighted by Gasteiger charge is -2.41. The van der Waals surface area contributed by atoms with E-state index in [0.29, 0.717) is 0 Å². The van der Waals surface area contributed by atoms with Crippen LogP contribution in [0, 0.1) is 0 Å². The monoisotopic (exact) mass is 616 g/mol. The van der Waals surface area contributed by atoms with Gasteiger partial charge in [-0.2, -0.15) is 0 Å². The molecule has 1 aliphatic heterocycles. The Hall–Kier alpha value is -5.42. The lowest BCUT2D eigenvalue weighted by atomic mass is 9.99. The predicted octanol–water partition coefficient (Wildman–Crippen LogP) is 0.443. The van der Waals surface area contributed by atoms with E-state index in [1.54, 1.807) is 0 Å². The van der Waals surface area contributed by atoms with Gasteiger partial charge in [0.15, 0.2) is 51.9 Å². The molecule has 232 valence electrons. The first-order valence-electron chi connectivity index (χ1n) is 12.6. The van der Waals surface area contributed by atoms with Gasteiger partial charge in [0.25, 0.3) is 0 Å². The van der Waals surface area contributed by atoms with E-state index in [4.69, 9.17) is 18.6 Å². The maximum absolute atomic E-state index is 13.7. The minimum atomic E-state index is -2.03. The second kappa shape index (κ2) is 11.3. The Balaban J connectivity index is 1.63. The molecule has 0 radical (unpaired) electrons. The van der Waals surface area contributed by atoms with Gasteiger partial charge in [0, 0.05) is 11.6 Å². The molecule has 0 saturated carbocycles. The van der Waals surface area contributed by atoms with Crippen molar-refractivity contribution in [1.82, 2.24) is 0 Å². The Labute approximate surface area is 244 Å². The van der Waals surface area contributed by atoms with Crippen molar-refractivity contribution in [3.63, 3.8) is 0 Å². The molecule has 3 aromatic carbocycles. The number of esters is 1. The number of aliphatic hydroxyl groups excluding tert-OH is 3. The number of rotatable bonds is 6. The van der Waals surface area contributed by atoms with E-state index in [1.807, 2.05) is 0 Å². The number of fused-ring (bicyclic) bond motifs is 1. The van der Waals surface area contributed by atoms with Gasteiger partial charge in [-0.1, -0.05) is 0 Å². The van der Waals surface area contributed by atoms with Gasteiger partial charge in [0.05, 0.1) is 17.6 Å². The Morgan fingerprint density at radius 2 is 1.50 bits per heavy atom. The van der Waals surface area contributed by atoms with Crippen molar-refractivity contribution >= 4 is 16.9 Å². The highest BCUT2D eigenvalue weighted by atomic mass is 16.7. The maximum atomic E-state index is 13.7. The molecule has 0 unspecified atom stereocenters. The van der Waals surface area contributed by atoms with Gasteiger partial charge in [0.1, 0.15) is 24.1 Å². The van der Waals surface area contributed by atoms with Crippen molar-refractivity contribution in [2.75, 3.05) is 6.61 Å². The Bertz CT molecular complexity index is 1790. The number of aromatic hydroxyl groups is 7. The molecule has 5 atom stereocenters. The quantitative estimate of drug-likeness (QED) is 0.104. The van der Waals surface area contributed by atoms with Gasteiger partial charge < -0.3 is 69.7 Å². The fourth-order valence-corrected chi connectivity index (χ4v) is 4.52. The van der Waals surface area contributed by atoms with Gasteiger partial charge in [-0.05, 0) is 36.4 Å².